The molecule has 1 saturated carbocycles. The first kappa shape index (κ1) is 17.2. The Hall–Kier alpha value is -0.830. The molecule has 0 saturated heterocycles. The summed E-state index contributed by atoms with van der Waals surface area (Å²) in [6.45, 7) is 10.1. The normalized spacial score (nSPS) is 22.3. The van der Waals surface area contributed by atoms with Crippen molar-refractivity contribution >= 4 is 0 Å². The summed E-state index contributed by atoms with van der Waals surface area (Å²) in [5.41, 5.74) is 1.23. The molecule has 0 N–H and O–H groups in total. The van der Waals surface area contributed by atoms with Crippen LogP contribution in [-0.2, 0) is 4.74 Å². The second-order valence-corrected chi connectivity index (χ2v) is 4.12. The second kappa shape index (κ2) is 10.1. The van der Waals surface area contributed by atoms with Crippen LogP contribution in [0, 0.1) is 6.92 Å². The first-order valence-electron chi connectivity index (χ1n) is 7.35. The van der Waals surface area contributed by atoms with Crippen molar-refractivity contribution in [2.45, 2.75) is 72.4 Å². The molecule has 0 radical (unpaired) electrons. The molecule has 2 unspecified atom stereocenters. The van der Waals surface area contributed by atoms with E-state index in [1.165, 1.54) is 31.2 Å². The molecular formula is C15H30N2O. The van der Waals surface area contributed by atoms with Crippen molar-refractivity contribution in [1.82, 2.24) is 9.78 Å². The van der Waals surface area contributed by atoms with Gasteiger partial charge in [0.25, 0.3) is 0 Å². The van der Waals surface area contributed by atoms with E-state index in [0.717, 1.165) is 0 Å². The minimum atomic E-state index is 0.350. The minimum Gasteiger partial charge on any atom is -0.379 e. The number of hydrogen-bond donors (Lipinski definition) is 0. The molecule has 0 aliphatic heterocycles. The number of nitrogens with zero attached hydrogens (tertiary/aromatic N) is 2. The predicted molar refractivity (Wildman–Crippen MR) is 78.0 cm³/mol. The molecule has 0 amide bonds. The molecule has 106 valence electrons. The van der Waals surface area contributed by atoms with Gasteiger partial charge >= 0.3 is 0 Å². The number of aromatic nitrogens is 2. The lowest BCUT2D eigenvalue weighted by atomic mass is 9.92. The second-order valence-electron chi connectivity index (χ2n) is 4.12. The van der Waals surface area contributed by atoms with Gasteiger partial charge in [-0.1, -0.05) is 40.5 Å². The van der Waals surface area contributed by atoms with Gasteiger partial charge < -0.3 is 4.74 Å². The van der Waals surface area contributed by atoms with Crippen molar-refractivity contribution in [2.24, 2.45) is 0 Å². The zero-order chi connectivity index (χ0) is 14.0. The Balaban J connectivity index is 0.000000659. The minimum absolute atomic E-state index is 0.350. The Morgan fingerprint density at radius 1 is 1.17 bits per heavy atom. The molecule has 2 atom stereocenters. The fourth-order valence-corrected chi connectivity index (χ4v) is 2.27. The molecule has 1 aromatic rings. The Morgan fingerprint density at radius 2 is 1.78 bits per heavy atom. The van der Waals surface area contributed by atoms with E-state index in [2.05, 4.69) is 22.9 Å². The van der Waals surface area contributed by atoms with E-state index in [9.17, 15) is 0 Å². The summed E-state index contributed by atoms with van der Waals surface area (Å²) in [4.78, 5) is 0. The molecule has 0 spiro atoms. The monoisotopic (exact) mass is 254 g/mol. The molecule has 3 heteroatoms. The molecule has 1 aliphatic carbocycles. The maximum atomic E-state index is 5.51. The highest BCUT2D eigenvalue weighted by Gasteiger charge is 2.26. The first-order valence-corrected chi connectivity index (χ1v) is 7.35. The van der Waals surface area contributed by atoms with Gasteiger partial charge in [-0.05, 0) is 25.3 Å². The lowest BCUT2D eigenvalue weighted by Gasteiger charge is -2.30. The van der Waals surface area contributed by atoms with Crippen LogP contribution in [0.25, 0.3) is 0 Å². The molecule has 18 heavy (non-hydrogen) atoms. The van der Waals surface area contributed by atoms with Gasteiger partial charge in [-0.3, -0.25) is 4.68 Å². The number of methoxy groups -OCH3 is 1. The standard InChI is InChI=1S/C11H18N2O.2C2H6/c1-9-7-12-13(8-9)10-5-3-4-6-11(10)14-2;2*1-2/h7-8,10-11H,3-6H2,1-2H3;2*1-2H3. The maximum Gasteiger partial charge on any atom is 0.0795 e. The Morgan fingerprint density at radius 3 is 2.28 bits per heavy atom. The van der Waals surface area contributed by atoms with E-state index < -0.39 is 0 Å². The third kappa shape index (κ3) is 4.81. The molecule has 1 fully saturated rings. The Kier molecular flexibility index (Phi) is 9.66. The van der Waals surface area contributed by atoms with E-state index in [0.29, 0.717) is 12.1 Å². The predicted octanol–water partition coefficient (Wildman–Crippen LogP) is 4.37. The average Bonchev–Trinajstić information content (AvgIpc) is 2.89. The molecule has 0 bridgehead atoms. The topological polar surface area (TPSA) is 27.1 Å². The van der Waals surface area contributed by atoms with Crippen LogP contribution >= 0.6 is 0 Å². The summed E-state index contributed by atoms with van der Waals surface area (Å²) >= 11 is 0. The smallest absolute Gasteiger partial charge is 0.0795 e. The van der Waals surface area contributed by atoms with Crippen LogP contribution in [0.4, 0.5) is 0 Å². The van der Waals surface area contributed by atoms with Gasteiger partial charge in [0, 0.05) is 13.3 Å². The maximum absolute atomic E-state index is 5.51. The van der Waals surface area contributed by atoms with E-state index in [1.54, 1.807) is 7.11 Å². The van der Waals surface area contributed by atoms with Crippen LogP contribution in [0.2, 0.25) is 0 Å². The van der Waals surface area contributed by atoms with Gasteiger partial charge in [-0.15, -0.1) is 0 Å². The molecular weight excluding hydrogens is 224 g/mol. The van der Waals surface area contributed by atoms with E-state index in [1.807, 2.05) is 33.9 Å². The zero-order valence-corrected chi connectivity index (χ0v) is 12.9. The molecule has 1 aromatic heterocycles. The fraction of sp³-hybridized carbons (Fsp3) is 0.800. The van der Waals surface area contributed by atoms with Gasteiger partial charge in [0.2, 0.25) is 0 Å². The van der Waals surface area contributed by atoms with Crippen molar-refractivity contribution in [2.75, 3.05) is 7.11 Å². The molecule has 0 aromatic carbocycles. The number of rotatable bonds is 2. The number of ether oxygens (including phenoxy) is 1. The van der Waals surface area contributed by atoms with Crippen molar-refractivity contribution < 1.29 is 4.74 Å². The van der Waals surface area contributed by atoms with Gasteiger partial charge in [0.15, 0.2) is 0 Å². The van der Waals surface area contributed by atoms with Gasteiger partial charge in [0.1, 0.15) is 0 Å². The van der Waals surface area contributed by atoms with Crippen molar-refractivity contribution in [3.05, 3.63) is 18.0 Å². The quantitative estimate of drug-likeness (QED) is 0.783. The van der Waals surface area contributed by atoms with E-state index >= 15 is 0 Å². The van der Waals surface area contributed by atoms with Crippen molar-refractivity contribution in [3.8, 4) is 0 Å². The Labute approximate surface area is 113 Å². The number of hydrogen-bond acceptors (Lipinski definition) is 2. The van der Waals surface area contributed by atoms with Crippen LogP contribution in [-0.4, -0.2) is 23.0 Å². The van der Waals surface area contributed by atoms with Crippen molar-refractivity contribution in [3.63, 3.8) is 0 Å². The molecule has 3 nitrogen and oxygen atoms in total. The molecule has 1 aliphatic rings. The van der Waals surface area contributed by atoms with Crippen LogP contribution < -0.4 is 0 Å². The summed E-state index contributed by atoms with van der Waals surface area (Å²) in [5.74, 6) is 0. The van der Waals surface area contributed by atoms with Crippen molar-refractivity contribution in [1.29, 1.82) is 0 Å². The summed E-state index contributed by atoms with van der Waals surface area (Å²) < 4.78 is 7.58. The average molecular weight is 254 g/mol. The fourth-order valence-electron chi connectivity index (χ4n) is 2.27. The van der Waals surface area contributed by atoms with Crippen LogP contribution in [0.3, 0.4) is 0 Å². The lowest BCUT2D eigenvalue weighted by Crippen LogP contribution is -2.29. The highest BCUT2D eigenvalue weighted by molar-refractivity contribution is 5.01. The highest BCUT2D eigenvalue weighted by atomic mass is 16.5. The summed E-state index contributed by atoms with van der Waals surface area (Å²) in [6, 6.07) is 0.447. The highest BCUT2D eigenvalue weighted by Crippen LogP contribution is 2.30. The van der Waals surface area contributed by atoms with E-state index in [-0.39, 0.29) is 0 Å². The van der Waals surface area contributed by atoms with Crippen LogP contribution in [0.5, 0.6) is 0 Å². The third-order valence-electron chi connectivity index (χ3n) is 3.04. The zero-order valence-electron chi connectivity index (χ0n) is 12.9. The first-order chi connectivity index (χ1) is 8.81. The molecule has 2 rings (SSSR count). The SMILES string of the molecule is CC.CC.COC1CCCCC1n1cc(C)cn1. The Bertz CT molecular complexity index is 296. The van der Waals surface area contributed by atoms with Crippen LogP contribution in [0.15, 0.2) is 12.4 Å². The van der Waals surface area contributed by atoms with E-state index in [4.69, 9.17) is 4.74 Å². The summed E-state index contributed by atoms with van der Waals surface area (Å²) in [6.07, 6.45) is 9.32. The summed E-state index contributed by atoms with van der Waals surface area (Å²) in [7, 11) is 1.80. The van der Waals surface area contributed by atoms with Gasteiger partial charge in [-0.25, -0.2) is 0 Å². The molecule has 1 heterocycles. The van der Waals surface area contributed by atoms with Gasteiger partial charge in [0.05, 0.1) is 18.3 Å². The van der Waals surface area contributed by atoms with Gasteiger partial charge in [-0.2, -0.15) is 5.10 Å². The lowest BCUT2D eigenvalue weighted by molar-refractivity contribution is 0.0245. The number of aryl methyl sites for hydroxylation is 1. The third-order valence-corrected chi connectivity index (χ3v) is 3.04. The largest absolute Gasteiger partial charge is 0.379 e. The van der Waals surface area contributed by atoms with Crippen LogP contribution in [0.1, 0.15) is 65.0 Å². The summed E-state index contributed by atoms with van der Waals surface area (Å²) in [5, 5.41) is 4.37.